The number of aromatic nitrogens is 1. The second-order valence-corrected chi connectivity index (χ2v) is 4.21. The molecule has 0 radical (unpaired) electrons. The van der Waals surface area contributed by atoms with Crippen molar-refractivity contribution in [2.45, 2.75) is 0 Å². The molecule has 0 saturated heterocycles. The number of para-hydroxylation sites is 1. The Balaban J connectivity index is 2.37. The zero-order valence-corrected chi connectivity index (χ0v) is 9.03. The number of nitrogens with zero attached hydrogens (tertiary/aromatic N) is 1. The van der Waals surface area contributed by atoms with Gasteiger partial charge in [-0.15, -0.1) is 11.3 Å². The van der Waals surface area contributed by atoms with Gasteiger partial charge in [0.1, 0.15) is 16.9 Å². The maximum atomic E-state index is 12.1. The van der Waals surface area contributed by atoms with Gasteiger partial charge >= 0.3 is 0 Å². The first-order chi connectivity index (χ1) is 7.86. The van der Waals surface area contributed by atoms with Crippen molar-refractivity contribution in [2.24, 2.45) is 0 Å². The van der Waals surface area contributed by atoms with Crippen molar-refractivity contribution in [1.29, 1.82) is 0 Å². The van der Waals surface area contributed by atoms with E-state index in [1.54, 1.807) is 18.3 Å². The van der Waals surface area contributed by atoms with Crippen LogP contribution in [0, 0.1) is 0 Å². The lowest BCUT2D eigenvalue weighted by atomic mass is 10.2. The fourth-order valence-corrected chi connectivity index (χ4v) is 2.22. The van der Waals surface area contributed by atoms with Gasteiger partial charge in [0, 0.05) is 11.6 Å². The zero-order valence-electron chi connectivity index (χ0n) is 8.21. The van der Waals surface area contributed by atoms with Gasteiger partial charge in [0.15, 0.2) is 0 Å². The largest absolute Gasteiger partial charge is 0.463 e. The summed E-state index contributed by atoms with van der Waals surface area (Å²) >= 11 is 1.43. The summed E-state index contributed by atoms with van der Waals surface area (Å²) in [5, 5.41) is 3.12. The predicted molar refractivity (Wildman–Crippen MR) is 63.6 cm³/mol. The second kappa shape index (κ2) is 3.57. The molecule has 0 unspecified atom stereocenters. The molecule has 0 aliphatic carbocycles. The molecule has 0 aliphatic heterocycles. The summed E-state index contributed by atoms with van der Waals surface area (Å²) in [5.41, 5.74) is 1.10. The number of hydrogen-bond acceptors (Lipinski definition) is 4. The van der Waals surface area contributed by atoms with Gasteiger partial charge in [-0.2, -0.15) is 0 Å². The van der Waals surface area contributed by atoms with E-state index < -0.39 is 0 Å². The van der Waals surface area contributed by atoms with Gasteiger partial charge in [-0.25, -0.2) is 4.98 Å². The van der Waals surface area contributed by atoms with Crippen LogP contribution in [0.4, 0.5) is 0 Å². The first-order valence-electron chi connectivity index (χ1n) is 4.76. The summed E-state index contributed by atoms with van der Waals surface area (Å²) in [4.78, 5) is 16.2. The second-order valence-electron chi connectivity index (χ2n) is 3.31. The van der Waals surface area contributed by atoms with Gasteiger partial charge in [-0.05, 0) is 12.1 Å². The number of thiazole rings is 1. The molecule has 3 rings (SSSR count). The number of fused-ring (bicyclic) bond motifs is 1. The first kappa shape index (κ1) is 9.30. The van der Waals surface area contributed by atoms with Crippen LogP contribution in [0.5, 0.6) is 0 Å². The predicted octanol–water partition coefficient (Wildman–Crippen LogP) is 2.92. The van der Waals surface area contributed by atoms with Crippen LogP contribution in [0.25, 0.3) is 21.5 Å². The summed E-state index contributed by atoms with van der Waals surface area (Å²) in [5.74, 6) is 0. The monoisotopic (exact) mass is 229 g/mol. The number of rotatable bonds is 1. The fraction of sp³-hybridized carbons (Fsp3) is 0. The SMILES string of the molecule is O=c1c(-c2nccs2)coc2ccccc12. The zero-order chi connectivity index (χ0) is 11.0. The van der Waals surface area contributed by atoms with Crippen molar-refractivity contribution in [3.05, 3.63) is 52.3 Å². The van der Waals surface area contributed by atoms with Crippen LogP contribution in [0.15, 0.2) is 51.3 Å². The molecule has 4 heteroatoms. The molecule has 0 atom stereocenters. The van der Waals surface area contributed by atoms with Gasteiger partial charge in [0.25, 0.3) is 0 Å². The van der Waals surface area contributed by atoms with E-state index in [0.29, 0.717) is 21.5 Å². The Morgan fingerprint density at radius 2 is 2.12 bits per heavy atom. The Labute approximate surface area is 95.0 Å². The molecule has 2 aromatic heterocycles. The van der Waals surface area contributed by atoms with Crippen LogP contribution in [0.3, 0.4) is 0 Å². The van der Waals surface area contributed by atoms with Gasteiger partial charge in [0.05, 0.1) is 10.9 Å². The third kappa shape index (κ3) is 1.35. The number of benzene rings is 1. The maximum absolute atomic E-state index is 12.1. The van der Waals surface area contributed by atoms with E-state index in [1.165, 1.54) is 17.6 Å². The van der Waals surface area contributed by atoms with Gasteiger partial charge in [0.2, 0.25) is 5.43 Å². The standard InChI is InChI=1S/C12H7NO2S/c14-11-8-3-1-2-4-10(8)15-7-9(11)12-13-5-6-16-12/h1-7H. The average Bonchev–Trinajstić information content (AvgIpc) is 2.83. The summed E-state index contributed by atoms with van der Waals surface area (Å²) in [6, 6.07) is 7.21. The van der Waals surface area contributed by atoms with Crippen LogP contribution >= 0.6 is 11.3 Å². The van der Waals surface area contributed by atoms with Crippen molar-refractivity contribution in [1.82, 2.24) is 4.98 Å². The van der Waals surface area contributed by atoms with Crippen molar-refractivity contribution in [3.63, 3.8) is 0 Å². The Morgan fingerprint density at radius 1 is 1.25 bits per heavy atom. The third-order valence-corrected chi connectivity index (χ3v) is 3.15. The maximum Gasteiger partial charge on any atom is 0.202 e. The molecule has 3 nitrogen and oxygen atoms in total. The number of hydrogen-bond donors (Lipinski definition) is 0. The minimum absolute atomic E-state index is 0.0307. The Kier molecular flexibility index (Phi) is 2.08. The fourth-order valence-electron chi connectivity index (χ4n) is 1.58. The van der Waals surface area contributed by atoms with Crippen LogP contribution in [0.2, 0.25) is 0 Å². The van der Waals surface area contributed by atoms with Gasteiger partial charge < -0.3 is 4.42 Å². The first-order valence-corrected chi connectivity index (χ1v) is 5.64. The molecule has 0 aliphatic rings. The highest BCUT2D eigenvalue weighted by molar-refractivity contribution is 7.13. The molecule has 0 amide bonds. The quantitative estimate of drug-likeness (QED) is 0.644. The van der Waals surface area contributed by atoms with E-state index in [-0.39, 0.29) is 5.43 Å². The van der Waals surface area contributed by atoms with E-state index in [4.69, 9.17) is 4.42 Å². The Bertz CT molecular complexity index is 686. The van der Waals surface area contributed by atoms with Crippen LogP contribution in [-0.2, 0) is 0 Å². The Hall–Kier alpha value is -1.94. The molecule has 0 fully saturated rings. The van der Waals surface area contributed by atoms with E-state index in [0.717, 1.165) is 0 Å². The third-order valence-electron chi connectivity index (χ3n) is 2.34. The molecule has 3 aromatic rings. The van der Waals surface area contributed by atoms with E-state index in [1.807, 2.05) is 17.5 Å². The van der Waals surface area contributed by atoms with Crippen LogP contribution < -0.4 is 5.43 Å². The van der Waals surface area contributed by atoms with Gasteiger partial charge in [-0.3, -0.25) is 4.79 Å². The molecule has 0 spiro atoms. The highest BCUT2D eigenvalue weighted by Crippen LogP contribution is 2.20. The molecule has 78 valence electrons. The average molecular weight is 229 g/mol. The van der Waals surface area contributed by atoms with Crippen molar-refractivity contribution >= 4 is 22.3 Å². The highest BCUT2D eigenvalue weighted by Gasteiger charge is 2.09. The van der Waals surface area contributed by atoms with E-state index in [9.17, 15) is 4.79 Å². The normalized spacial score (nSPS) is 10.8. The molecular formula is C12H7NO2S. The summed E-state index contributed by atoms with van der Waals surface area (Å²) < 4.78 is 5.41. The minimum Gasteiger partial charge on any atom is -0.463 e. The summed E-state index contributed by atoms with van der Waals surface area (Å²) in [7, 11) is 0. The van der Waals surface area contributed by atoms with Gasteiger partial charge in [-0.1, -0.05) is 12.1 Å². The molecule has 0 saturated carbocycles. The highest BCUT2D eigenvalue weighted by atomic mass is 32.1. The Morgan fingerprint density at radius 3 is 2.94 bits per heavy atom. The smallest absolute Gasteiger partial charge is 0.202 e. The molecular weight excluding hydrogens is 222 g/mol. The molecule has 2 heterocycles. The molecule has 0 bridgehead atoms. The van der Waals surface area contributed by atoms with E-state index in [2.05, 4.69) is 4.98 Å². The van der Waals surface area contributed by atoms with Crippen LogP contribution in [0.1, 0.15) is 0 Å². The lowest BCUT2D eigenvalue weighted by Crippen LogP contribution is -2.04. The topological polar surface area (TPSA) is 43.1 Å². The van der Waals surface area contributed by atoms with Crippen molar-refractivity contribution in [2.75, 3.05) is 0 Å². The molecule has 16 heavy (non-hydrogen) atoms. The van der Waals surface area contributed by atoms with E-state index >= 15 is 0 Å². The minimum atomic E-state index is -0.0307. The van der Waals surface area contributed by atoms with Crippen molar-refractivity contribution < 1.29 is 4.42 Å². The lowest BCUT2D eigenvalue weighted by molar-refractivity contribution is 0.604. The molecule has 1 aromatic carbocycles. The van der Waals surface area contributed by atoms with Crippen LogP contribution in [-0.4, -0.2) is 4.98 Å². The summed E-state index contributed by atoms with van der Waals surface area (Å²) in [6.45, 7) is 0. The summed E-state index contributed by atoms with van der Waals surface area (Å²) in [6.07, 6.45) is 3.15. The lowest BCUT2D eigenvalue weighted by Gasteiger charge is -1.98. The van der Waals surface area contributed by atoms with Crippen molar-refractivity contribution in [3.8, 4) is 10.6 Å². The molecule has 0 N–H and O–H groups in total.